The van der Waals surface area contributed by atoms with Crippen LogP contribution in [0.15, 0.2) is 60.8 Å². The lowest BCUT2D eigenvalue weighted by molar-refractivity contribution is -0.131. The van der Waals surface area contributed by atoms with Crippen molar-refractivity contribution in [2.45, 2.75) is 50.6 Å². The van der Waals surface area contributed by atoms with Crippen LogP contribution in [-0.2, 0) is 4.79 Å². The number of hydrogen-bond donors (Lipinski definition) is 5. The van der Waals surface area contributed by atoms with Crippen molar-refractivity contribution in [3.63, 3.8) is 0 Å². The molecule has 0 fully saturated rings. The van der Waals surface area contributed by atoms with Gasteiger partial charge in [0.2, 0.25) is 0 Å². The smallest absolute Gasteiger partial charge is 0.327 e. The van der Waals surface area contributed by atoms with Gasteiger partial charge in [-0.05, 0) is 20.3 Å². The fraction of sp³-hybridized carbons (Fsp3) is 0.421. The normalized spacial score (nSPS) is 19.3. The molecular weight excluding hydrogens is 324 g/mol. The molecule has 0 aliphatic rings. The van der Waals surface area contributed by atoms with E-state index in [1.54, 1.807) is 18.2 Å². The van der Waals surface area contributed by atoms with Gasteiger partial charge in [-0.15, -0.1) is 0 Å². The lowest BCUT2D eigenvalue weighted by Crippen LogP contribution is -2.39. The Bertz CT molecular complexity index is 528. The fourth-order valence-corrected chi connectivity index (χ4v) is 1.78. The fourth-order valence-electron chi connectivity index (χ4n) is 1.78. The molecule has 0 bridgehead atoms. The Morgan fingerprint density at radius 2 is 1.68 bits per heavy atom. The van der Waals surface area contributed by atoms with Gasteiger partial charge in [-0.1, -0.05) is 54.7 Å². The molecule has 0 heterocycles. The molecule has 6 nitrogen and oxygen atoms in total. The number of rotatable bonds is 11. The Balaban J connectivity index is 4.53. The Morgan fingerprint density at radius 3 is 2.28 bits per heavy atom. The quantitative estimate of drug-likeness (QED) is 0.218. The van der Waals surface area contributed by atoms with Gasteiger partial charge >= 0.3 is 5.97 Å². The van der Waals surface area contributed by atoms with Gasteiger partial charge in [-0.3, -0.25) is 0 Å². The molecule has 0 aliphatic carbocycles. The van der Waals surface area contributed by atoms with Gasteiger partial charge in [-0.2, -0.15) is 0 Å². The van der Waals surface area contributed by atoms with E-state index >= 15 is 0 Å². The average molecular weight is 352 g/mol. The summed E-state index contributed by atoms with van der Waals surface area (Å²) < 4.78 is 0. The van der Waals surface area contributed by atoms with Gasteiger partial charge < -0.3 is 25.5 Å². The molecule has 0 spiro atoms. The van der Waals surface area contributed by atoms with Crippen LogP contribution in [0.2, 0.25) is 0 Å². The molecule has 0 saturated heterocycles. The van der Waals surface area contributed by atoms with Crippen LogP contribution < -0.4 is 0 Å². The maximum atomic E-state index is 10.3. The maximum absolute atomic E-state index is 10.3. The van der Waals surface area contributed by atoms with E-state index in [1.165, 1.54) is 31.2 Å². The molecule has 0 aromatic rings. The SMILES string of the molecule is C/C=C/C=C/C=C/C(O)CC(O)C(C)(O)/C=C/C(O)C/C=C/C(=O)O. The topological polar surface area (TPSA) is 118 Å². The van der Waals surface area contributed by atoms with Gasteiger partial charge in [0.1, 0.15) is 5.60 Å². The lowest BCUT2D eigenvalue weighted by atomic mass is 9.93. The summed E-state index contributed by atoms with van der Waals surface area (Å²) in [6, 6.07) is 0. The number of allylic oxidation sites excluding steroid dienone is 5. The molecule has 140 valence electrons. The third-order valence-corrected chi connectivity index (χ3v) is 3.29. The van der Waals surface area contributed by atoms with E-state index in [0.717, 1.165) is 6.08 Å². The van der Waals surface area contributed by atoms with Crippen molar-refractivity contribution in [2.75, 3.05) is 0 Å². The molecule has 4 atom stereocenters. The number of carboxylic acids is 1. The highest BCUT2D eigenvalue weighted by Crippen LogP contribution is 2.18. The summed E-state index contributed by atoms with van der Waals surface area (Å²) in [6.07, 6.45) is 11.9. The van der Waals surface area contributed by atoms with Gasteiger partial charge in [0, 0.05) is 12.5 Å². The Labute approximate surface area is 148 Å². The average Bonchev–Trinajstić information content (AvgIpc) is 2.52. The van der Waals surface area contributed by atoms with E-state index in [0.29, 0.717) is 0 Å². The standard InChI is InChI=1S/C19H28O6/c1-3-4-5-6-7-9-16(21)14-17(22)19(2,25)13-12-15(20)10-8-11-18(23)24/h3-9,11-13,15-17,20-22,25H,10,14H2,1-2H3,(H,23,24)/b4-3+,6-5+,9-7+,11-8+,13-12+. The molecular formula is C19H28O6. The maximum Gasteiger partial charge on any atom is 0.327 e. The number of aliphatic hydroxyl groups excluding tert-OH is 3. The van der Waals surface area contributed by atoms with E-state index in [9.17, 15) is 25.2 Å². The Kier molecular flexibility index (Phi) is 11.4. The van der Waals surface area contributed by atoms with Crippen molar-refractivity contribution in [3.05, 3.63) is 60.8 Å². The second-order valence-electron chi connectivity index (χ2n) is 5.74. The molecule has 0 rings (SSSR count). The van der Waals surface area contributed by atoms with Crippen molar-refractivity contribution in [1.82, 2.24) is 0 Å². The van der Waals surface area contributed by atoms with E-state index in [2.05, 4.69) is 0 Å². The zero-order valence-corrected chi connectivity index (χ0v) is 14.6. The minimum Gasteiger partial charge on any atom is -0.478 e. The van der Waals surface area contributed by atoms with Crippen LogP contribution in [0.4, 0.5) is 0 Å². The van der Waals surface area contributed by atoms with E-state index in [1.807, 2.05) is 19.1 Å². The Morgan fingerprint density at radius 1 is 1.04 bits per heavy atom. The summed E-state index contributed by atoms with van der Waals surface area (Å²) in [5.74, 6) is -1.11. The molecule has 25 heavy (non-hydrogen) atoms. The molecule has 0 aliphatic heterocycles. The first kappa shape index (κ1) is 23.0. The van der Waals surface area contributed by atoms with Crippen LogP contribution in [-0.4, -0.2) is 55.4 Å². The van der Waals surface area contributed by atoms with Gasteiger partial charge in [0.15, 0.2) is 0 Å². The van der Waals surface area contributed by atoms with E-state index in [4.69, 9.17) is 5.11 Å². The summed E-state index contributed by atoms with van der Waals surface area (Å²) in [4.78, 5) is 10.3. The second-order valence-corrected chi connectivity index (χ2v) is 5.74. The Hall–Kier alpha value is -1.99. The van der Waals surface area contributed by atoms with E-state index in [-0.39, 0.29) is 12.8 Å². The summed E-state index contributed by atoms with van der Waals surface area (Å²) in [5.41, 5.74) is -1.65. The van der Waals surface area contributed by atoms with E-state index < -0.39 is 29.9 Å². The molecule has 5 N–H and O–H groups in total. The number of carbonyl (C=O) groups is 1. The molecule has 6 heteroatoms. The van der Waals surface area contributed by atoms with Crippen LogP contribution in [0.1, 0.15) is 26.7 Å². The van der Waals surface area contributed by atoms with Crippen LogP contribution in [0.5, 0.6) is 0 Å². The minimum absolute atomic E-state index is 0.0683. The van der Waals surface area contributed by atoms with Crippen LogP contribution >= 0.6 is 0 Å². The predicted molar refractivity (Wildman–Crippen MR) is 96.9 cm³/mol. The van der Waals surface area contributed by atoms with Gasteiger partial charge in [0.05, 0.1) is 18.3 Å². The summed E-state index contributed by atoms with van der Waals surface area (Å²) in [5, 5.41) is 48.2. The summed E-state index contributed by atoms with van der Waals surface area (Å²) in [7, 11) is 0. The number of aliphatic hydroxyl groups is 4. The first-order valence-corrected chi connectivity index (χ1v) is 8.00. The lowest BCUT2D eigenvalue weighted by Gasteiger charge is -2.27. The first-order valence-electron chi connectivity index (χ1n) is 8.00. The predicted octanol–water partition coefficient (Wildman–Crippen LogP) is 1.49. The second kappa shape index (κ2) is 12.4. The number of aliphatic carboxylic acids is 1. The molecule has 4 unspecified atom stereocenters. The minimum atomic E-state index is -1.65. The third kappa shape index (κ3) is 12.1. The zero-order chi connectivity index (χ0) is 19.3. The molecule has 0 aromatic carbocycles. The van der Waals surface area contributed by atoms with Crippen LogP contribution in [0.25, 0.3) is 0 Å². The number of carboxylic acid groups (broad SMARTS) is 1. The van der Waals surface area contributed by atoms with Crippen molar-refractivity contribution in [3.8, 4) is 0 Å². The van der Waals surface area contributed by atoms with Crippen molar-refractivity contribution in [1.29, 1.82) is 0 Å². The molecule has 0 aromatic heterocycles. The highest BCUT2D eigenvalue weighted by molar-refractivity contribution is 5.79. The molecule has 0 amide bonds. The first-order chi connectivity index (χ1) is 11.7. The molecule has 0 saturated carbocycles. The van der Waals surface area contributed by atoms with Gasteiger partial charge in [0.25, 0.3) is 0 Å². The molecule has 0 radical (unpaired) electrons. The van der Waals surface area contributed by atoms with Crippen LogP contribution in [0.3, 0.4) is 0 Å². The van der Waals surface area contributed by atoms with Crippen LogP contribution in [0, 0.1) is 0 Å². The monoisotopic (exact) mass is 352 g/mol. The summed E-state index contributed by atoms with van der Waals surface area (Å²) in [6.45, 7) is 3.24. The largest absolute Gasteiger partial charge is 0.478 e. The highest BCUT2D eigenvalue weighted by Gasteiger charge is 2.28. The van der Waals surface area contributed by atoms with Crippen molar-refractivity contribution in [2.24, 2.45) is 0 Å². The van der Waals surface area contributed by atoms with Crippen molar-refractivity contribution < 1.29 is 30.3 Å². The van der Waals surface area contributed by atoms with Crippen molar-refractivity contribution >= 4 is 5.97 Å². The zero-order valence-electron chi connectivity index (χ0n) is 14.6. The summed E-state index contributed by atoms with van der Waals surface area (Å²) >= 11 is 0. The number of hydrogen-bond acceptors (Lipinski definition) is 5. The highest BCUT2D eigenvalue weighted by atomic mass is 16.4. The third-order valence-electron chi connectivity index (χ3n) is 3.29. The van der Waals surface area contributed by atoms with Gasteiger partial charge in [-0.25, -0.2) is 4.79 Å².